The quantitative estimate of drug-likeness (QED) is 0.819. The van der Waals surface area contributed by atoms with E-state index in [4.69, 9.17) is 5.73 Å². The van der Waals surface area contributed by atoms with Crippen molar-refractivity contribution in [2.75, 3.05) is 5.43 Å². The Morgan fingerprint density at radius 1 is 1.24 bits per heavy atom. The molecule has 1 aromatic rings. The molecule has 0 aromatic carbocycles. The summed E-state index contributed by atoms with van der Waals surface area (Å²) in [5.74, 6) is 0.246. The van der Waals surface area contributed by atoms with E-state index < -0.39 is 0 Å². The van der Waals surface area contributed by atoms with Gasteiger partial charge in [0.2, 0.25) is 5.91 Å². The normalized spacial score (nSPS) is 24.6. The van der Waals surface area contributed by atoms with Gasteiger partial charge in [-0.25, -0.2) is 0 Å². The number of carbonyl (C=O) groups excluding carboxylic acids is 1. The fraction of sp³-hybridized carbons (Fsp3) is 0.615. The molecule has 2 rings (SSSR count). The summed E-state index contributed by atoms with van der Waals surface area (Å²) in [7, 11) is 0. The van der Waals surface area contributed by atoms with Gasteiger partial charge in [0.05, 0.1) is 0 Å². The van der Waals surface area contributed by atoms with Crippen molar-refractivity contribution < 1.29 is 4.79 Å². The summed E-state index contributed by atoms with van der Waals surface area (Å²) in [5.41, 5.74) is 10.9. The van der Waals surface area contributed by atoms with Crippen LogP contribution in [-0.4, -0.2) is 16.6 Å². The summed E-state index contributed by atoms with van der Waals surface area (Å²) in [6.07, 6.45) is 3.74. The van der Waals surface area contributed by atoms with E-state index >= 15 is 0 Å². The molecule has 1 amide bonds. The van der Waals surface area contributed by atoms with E-state index in [-0.39, 0.29) is 17.9 Å². The highest BCUT2D eigenvalue weighted by Gasteiger charge is 2.24. The third kappa shape index (κ3) is 2.69. The van der Waals surface area contributed by atoms with Crippen LogP contribution in [0.15, 0.2) is 12.1 Å². The minimum absolute atomic E-state index is 0.121. The molecular weight excluding hydrogens is 214 g/mol. The number of rotatable bonds is 2. The van der Waals surface area contributed by atoms with Crippen molar-refractivity contribution in [2.24, 2.45) is 11.7 Å². The molecule has 4 heteroatoms. The molecule has 1 aliphatic rings. The van der Waals surface area contributed by atoms with E-state index in [1.54, 1.807) is 0 Å². The predicted octanol–water partition coefficient (Wildman–Crippen LogP) is 1.69. The smallest absolute Gasteiger partial charge is 0.241 e. The van der Waals surface area contributed by atoms with Gasteiger partial charge in [0, 0.05) is 23.3 Å². The van der Waals surface area contributed by atoms with Crippen LogP contribution in [0.2, 0.25) is 0 Å². The molecule has 3 N–H and O–H groups in total. The minimum Gasteiger partial charge on any atom is -0.328 e. The van der Waals surface area contributed by atoms with Gasteiger partial charge in [-0.15, -0.1) is 0 Å². The lowest BCUT2D eigenvalue weighted by Crippen LogP contribution is -2.35. The number of hydrogen-bond donors (Lipinski definition) is 2. The van der Waals surface area contributed by atoms with Crippen LogP contribution in [0.1, 0.15) is 37.1 Å². The highest BCUT2D eigenvalue weighted by molar-refractivity contribution is 5.86. The summed E-state index contributed by atoms with van der Waals surface area (Å²) < 4.78 is 1.86. The molecule has 0 atom stereocenters. The van der Waals surface area contributed by atoms with Crippen LogP contribution in [0, 0.1) is 19.8 Å². The first-order valence-corrected chi connectivity index (χ1v) is 6.29. The second kappa shape index (κ2) is 4.92. The number of carbonyl (C=O) groups is 1. The number of nitrogens with zero attached hydrogens (tertiary/aromatic N) is 1. The van der Waals surface area contributed by atoms with Gasteiger partial charge in [-0.3, -0.25) is 14.9 Å². The lowest BCUT2D eigenvalue weighted by molar-refractivity contribution is -0.121. The summed E-state index contributed by atoms with van der Waals surface area (Å²) in [6, 6.07) is 4.30. The summed E-state index contributed by atoms with van der Waals surface area (Å²) in [6.45, 7) is 3.98. The average Bonchev–Trinajstić information content (AvgIpc) is 2.61. The van der Waals surface area contributed by atoms with Crippen molar-refractivity contribution in [3.63, 3.8) is 0 Å². The Morgan fingerprint density at radius 3 is 2.29 bits per heavy atom. The fourth-order valence-corrected chi connectivity index (χ4v) is 2.43. The zero-order valence-electron chi connectivity index (χ0n) is 10.6. The summed E-state index contributed by atoms with van der Waals surface area (Å²) in [5, 5.41) is 0. The average molecular weight is 235 g/mol. The van der Waals surface area contributed by atoms with Crippen molar-refractivity contribution in [1.29, 1.82) is 0 Å². The maximum Gasteiger partial charge on any atom is 0.241 e. The Kier molecular flexibility index (Phi) is 3.52. The first-order valence-electron chi connectivity index (χ1n) is 6.29. The van der Waals surface area contributed by atoms with Crippen molar-refractivity contribution in [3.05, 3.63) is 23.5 Å². The van der Waals surface area contributed by atoms with Gasteiger partial charge >= 0.3 is 0 Å². The van der Waals surface area contributed by atoms with E-state index in [1.165, 1.54) is 0 Å². The summed E-state index contributed by atoms with van der Waals surface area (Å²) >= 11 is 0. The molecule has 17 heavy (non-hydrogen) atoms. The maximum atomic E-state index is 12.1. The Hall–Kier alpha value is -1.29. The van der Waals surface area contributed by atoms with Crippen molar-refractivity contribution in [3.8, 4) is 0 Å². The molecule has 1 aliphatic carbocycles. The third-order valence-electron chi connectivity index (χ3n) is 3.64. The molecule has 1 aromatic heterocycles. The first kappa shape index (κ1) is 12.2. The number of nitrogens with two attached hydrogens (primary N) is 1. The molecule has 0 radical (unpaired) electrons. The zero-order chi connectivity index (χ0) is 12.4. The zero-order valence-corrected chi connectivity index (χ0v) is 10.6. The van der Waals surface area contributed by atoms with E-state index in [2.05, 4.69) is 5.43 Å². The molecule has 0 saturated heterocycles. The third-order valence-corrected chi connectivity index (χ3v) is 3.64. The Bertz CT molecular complexity index is 383. The van der Waals surface area contributed by atoms with Gasteiger partial charge < -0.3 is 5.73 Å². The van der Waals surface area contributed by atoms with E-state index in [0.29, 0.717) is 0 Å². The number of aromatic nitrogens is 1. The van der Waals surface area contributed by atoms with E-state index in [0.717, 1.165) is 37.1 Å². The van der Waals surface area contributed by atoms with Crippen LogP contribution >= 0.6 is 0 Å². The second-order valence-corrected chi connectivity index (χ2v) is 5.04. The van der Waals surface area contributed by atoms with Gasteiger partial charge in [0.1, 0.15) is 0 Å². The standard InChI is InChI=1S/C13H21N3O/c1-9-3-4-10(2)16(9)15-13(17)11-5-7-12(14)8-6-11/h3-4,11-12H,5-8,14H2,1-2H3,(H,15,17). The van der Waals surface area contributed by atoms with Crippen molar-refractivity contribution >= 4 is 5.91 Å². The van der Waals surface area contributed by atoms with Gasteiger partial charge in [-0.2, -0.15) is 0 Å². The van der Waals surface area contributed by atoms with E-state index in [9.17, 15) is 4.79 Å². The minimum atomic E-state index is 0.121. The molecule has 1 saturated carbocycles. The number of amides is 1. The van der Waals surface area contributed by atoms with Crippen molar-refractivity contribution in [1.82, 2.24) is 4.68 Å². The molecular formula is C13H21N3O. The predicted molar refractivity (Wildman–Crippen MR) is 68.2 cm³/mol. The van der Waals surface area contributed by atoms with Gasteiger partial charge in [0.15, 0.2) is 0 Å². The molecule has 94 valence electrons. The Balaban J connectivity index is 1.98. The lowest BCUT2D eigenvalue weighted by Gasteiger charge is -2.25. The lowest BCUT2D eigenvalue weighted by atomic mass is 9.86. The molecule has 4 nitrogen and oxygen atoms in total. The monoisotopic (exact) mass is 235 g/mol. The van der Waals surface area contributed by atoms with Crippen LogP contribution in [0.5, 0.6) is 0 Å². The van der Waals surface area contributed by atoms with Crippen LogP contribution in [-0.2, 0) is 4.79 Å². The van der Waals surface area contributed by atoms with Gasteiger partial charge in [0.25, 0.3) is 0 Å². The van der Waals surface area contributed by atoms with E-state index in [1.807, 2.05) is 30.7 Å². The van der Waals surface area contributed by atoms with Crippen LogP contribution in [0.4, 0.5) is 0 Å². The molecule has 0 spiro atoms. The molecule has 0 aliphatic heterocycles. The molecule has 0 bridgehead atoms. The Morgan fingerprint density at radius 2 is 1.76 bits per heavy atom. The van der Waals surface area contributed by atoms with Gasteiger partial charge in [-0.05, 0) is 51.7 Å². The Labute approximate surface area is 102 Å². The maximum absolute atomic E-state index is 12.1. The second-order valence-electron chi connectivity index (χ2n) is 5.04. The van der Waals surface area contributed by atoms with Gasteiger partial charge in [-0.1, -0.05) is 0 Å². The SMILES string of the molecule is Cc1ccc(C)n1NC(=O)C1CCC(N)CC1. The summed E-state index contributed by atoms with van der Waals surface area (Å²) in [4.78, 5) is 12.1. The highest BCUT2D eigenvalue weighted by atomic mass is 16.2. The van der Waals surface area contributed by atoms with Crippen LogP contribution < -0.4 is 11.2 Å². The number of hydrogen-bond acceptors (Lipinski definition) is 2. The molecule has 0 unspecified atom stereocenters. The van der Waals surface area contributed by atoms with Crippen LogP contribution in [0.25, 0.3) is 0 Å². The highest BCUT2D eigenvalue weighted by Crippen LogP contribution is 2.23. The largest absolute Gasteiger partial charge is 0.328 e. The molecule has 1 heterocycles. The fourth-order valence-electron chi connectivity index (χ4n) is 2.43. The van der Waals surface area contributed by atoms with Crippen LogP contribution in [0.3, 0.4) is 0 Å². The number of aryl methyl sites for hydroxylation is 2. The first-order chi connectivity index (χ1) is 8.08. The number of nitrogens with one attached hydrogen (secondary N) is 1. The van der Waals surface area contributed by atoms with Crippen molar-refractivity contribution in [2.45, 2.75) is 45.6 Å². The molecule has 1 fully saturated rings. The topological polar surface area (TPSA) is 60.0 Å².